The molecule has 2 heterocycles. The normalized spacial score (nSPS) is 10.8. The molecule has 0 saturated heterocycles. The molecule has 0 saturated carbocycles. The molecule has 1 amide bonds. The zero-order valence-corrected chi connectivity index (χ0v) is 15.5. The van der Waals surface area contributed by atoms with Crippen molar-refractivity contribution in [2.45, 2.75) is 33.9 Å². The van der Waals surface area contributed by atoms with E-state index in [0.717, 1.165) is 34.1 Å². The van der Waals surface area contributed by atoms with Gasteiger partial charge in [-0.05, 0) is 44.5 Å². The molecule has 7 nitrogen and oxygen atoms in total. The summed E-state index contributed by atoms with van der Waals surface area (Å²) >= 11 is 0. The first-order valence-corrected chi connectivity index (χ1v) is 8.43. The maximum absolute atomic E-state index is 12.4. The summed E-state index contributed by atoms with van der Waals surface area (Å²) in [5, 5.41) is 11.7. The Labute approximate surface area is 152 Å². The van der Waals surface area contributed by atoms with E-state index in [1.807, 2.05) is 55.8 Å². The number of nitrogens with one attached hydrogen (secondary N) is 1. The molecule has 2 aromatic heterocycles. The first-order chi connectivity index (χ1) is 12.5. The van der Waals surface area contributed by atoms with Gasteiger partial charge in [0.25, 0.3) is 0 Å². The molecule has 0 bridgehead atoms. The van der Waals surface area contributed by atoms with E-state index in [9.17, 15) is 4.79 Å². The Morgan fingerprint density at radius 2 is 2.00 bits per heavy atom. The van der Waals surface area contributed by atoms with Crippen molar-refractivity contribution in [1.29, 1.82) is 0 Å². The minimum atomic E-state index is -0.121. The fourth-order valence-corrected chi connectivity index (χ4v) is 2.85. The Morgan fingerprint density at radius 3 is 2.69 bits per heavy atom. The minimum Gasteiger partial charge on any atom is -0.497 e. The van der Waals surface area contributed by atoms with E-state index in [2.05, 4.69) is 15.5 Å². The van der Waals surface area contributed by atoms with Crippen LogP contribution >= 0.6 is 0 Å². The van der Waals surface area contributed by atoms with Gasteiger partial charge in [-0.2, -0.15) is 10.2 Å². The van der Waals surface area contributed by atoms with E-state index >= 15 is 0 Å². The van der Waals surface area contributed by atoms with Crippen molar-refractivity contribution in [2.75, 3.05) is 12.4 Å². The molecule has 0 fully saturated rings. The van der Waals surface area contributed by atoms with Gasteiger partial charge in [0.2, 0.25) is 5.91 Å². The highest BCUT2D eigenvalue weighted by Gasteiger charge is 2.15. The highest BCUT2D eigenvalue weighted by molar-refractivity contribution is 5.91. The summed E-state index contributed by atoms with van der Waals surface area (Å²) in [7, 11) is 1.65. The van der Waals surface area contributed by atoms with Crippen LogP contribution in [0.1, 0.15) is 22.6 Å². The third kappa shape index (κ3) is 3.77. The average Bonchev–Trinajstić information content (AvgIpc) is 3.13. The zero-order valence-electron chi connectivity index (χ0n) is 15.5. The standard InChI is InChI=1S/C19H23N5O2/c1-13-8-9-20-23(13)12-18(25)21-19-14(2)22-24(15(19)3)11-16-6-5-7-17(10-16)26-4/h5-10H,11-12H2,1-4H3,(H,21,25). The summed E-state index contributed by atoms with van der Waals surface area (Å²) in [6, 6.07) is 9.74. The second-order valence-corrected chi connectivity index (χ2v) is 6.23. The lowest BCUT2D eigenvalue weighted by Crippen LogP contribution is -2.21. The number of methoxy groups -OCH3 is 1. The minimum absolute atomic E-state index is 0.121. The lowest BCUT2D eigenvalue weighted by molar-refractivity contribution is -0.116. The van der Waals surface area contributed by atoms with Gasteiger partial charge in [0, 0.05) is 11.9 Å². The monoisotopic (exact) mass is 353 g/mol. The molecule has 0 unspecified atom stereocenters. The lowest BCUT2D eigenvalue weighted by atomic mass is 10.2. The van der Waals surface area contributed by atoms with E-state index in [1.54, 1.807) is 18.0 Å². The summed E-state index contributed by atoms with van der Waals surface area (Å²) in [4.78, 5) is 12.4. The molecule has 0 aliphatic carbocycles. The molecular formula is C19H23N5O2. The Kier molecular flexibility index (Phi) is 5.06. The van der Waals surface area contributed by atoms with Gasteiger partial charge in [0.05, 0.1) is 30.7 Å². The molecule has 3 rings (SSSR count). The number of ether oxygens (including phenoxy) is 1. The average molecular weight is 353 g/mol. The van der Waals surface area contributed by atoms with Crippen LogP contribution in [0.25, 0.3) is 0 Å². The molecule has 136 valence electrons. The van der Waals surface area contributed by atoms with E-state index in [4.69, 9.17) is 4.74 Å². The molecule has 0 spiro atoms. The molecule has 26 heavy (non-hydrogen) atoms. The van der Waals surface area contributed by atoms with Crippen LogP contribution in [-0.4, -0.2) is 32.6 Å². The number of rotatable bonds is 6. The predicted octanol–water partition coefficient (Wildman–Crippen LogP) is 2.70. The van der Waals surface area contributed by atoms with Crippen LogP contribution in [0, 0.1) is 20.8 Å². The van der Waals surface area contributed by atoms with Crippen molar-refractivity contribution in [1.82, 2.24) is 19.6 Å². The first-order valence-electron chi connectivity index (χ1n) is 8.43. The van der Waals surface area contributed by atoms with Crippen LogP contribution in [-0.2, 0) is 17.9 Å². The third-order valence-corrected chi connectivity index (χ3v) is 4.33. The van der Waals surface area contributed by atoms with E-state index < -0.39 is 0 Å². The molecule has 7 heteroatoms. The third-order valence-electron chi connectivity index (χ3n) is 4.33. The molecule has 0 aliphatic rings. The number of nitrogens with zero attached hydrogens (tertiary/aromatic N) is 4. The molecule has 3 aromatic rings. The number of anilines is 1. The number of amides is 1. The highest BCUT2D eigenvalue weighted by atomic mass is 16.5. The zero-order chi connectivity index (χ0) is 18.7. The summed E-state index contributed by atoms with van der Waals surface area (Å²) in [6.45, 7) is 6.55. The predicted molar refractivity (Wildman–Crippen MR) is 99.4 cm³/mol. The summed E-state index contributed by atoms with van der Waals surface area (Å²) < 4.78 is 8.82. The number of hydrogen-bond acceptors (Lipinski definition) is 4. The fraction of sp³-hybridized carbons (Fsp3) is 0.316. The van der Waals surface area contributed by atoms with E-state index in [0.29, 0.717) is 6.54 Å². The molecule has 0 atom stereocenters. The second-order valence-electron chi connectivity index (χ2n) is 6.23. The van der Waals surface area contributed by atoms with Crippen molar-refractivity contribution < 1.29 is 9.53 Å². The Morgan fingerprint density at radius 1 is 1.19 bits per heavy atom. The Balaban J connectivity index is 1.75. The smallest absolute Gasteiger partial charge is 0.246 e. The van der Waals surface area contributed by atoms with Gasteiger partial charge < -0.3 is 10.1 Å². The van der Waals surface area contributed by atoms with Gasteiger partial charge in [0.1, 0.15) is 12.3 Å². The Bertz CT molecular complexity index is 926. The van der Waals surface area contributed by atoms with Gasteiger partial charge in [-0.25, -0.2) is 0 Å². The summed E-state index contributed by atoms with van der Waals surface area (Å²) in [5.41, 5.74) is 4.48. The second kappa shape index (κ2) is 7.43. The maximum Gasteiger partial charge on any atom is 0.246 e. The van der Waals surface area contributed by atoms with Crippen LogP contribution < -0.4 is 10.1 Å². The van der Waals surface area contributed by atoms with Crippen LogP contribution in [0.2, 0.25) is 0 Å². The van der Waals surface area contributed by atoms with Gasteiger partial charge in [0.15, 0.2) is 0 Å². The quantitative estimate of drug-likeness (QED) is 0.739. The van der Waals surface area contributed by atoms with Crippen LogP contribution in [0.5, 0.6) is 5.75 Å². The molecular weight excluding hydrogens is 330 g/mol. The Hall–Kier alpha value is -3.09. The topological polar surface area (TPSA) is 74.0 Å². The molecule has 0 radical (unpaired) electrons. The fourth-order valence-electron chi connectivity index (χ4n) is 2.85. The van der Waals surface area contributed by atoms with Crippen LogP contribution in [0.4, 0.5) is 5.69 Å². The van der Waals surface area contributed by atoms with Gasteiger partial charge >= 0.3 is 0 Å². The number of carbonyl (C=O) groups excluding carboxylic acids is 1. The van der Waals surface area contributed by atoms with Crippen molar-refractivity contribution in [3.8, 4) is 5.75 Å². The largest absolute Gasteiger partial charge is 0.497 e. The van der Waals surface area contributed by atoms with E-state index in [1.165, 1.54) is 0 Å². The first kappa shape index (κ1) is 17.7. The van der Waals surface area contributed by atoms with Crippen molar-refractivity contribution >= 4 is 11.6 Å². The number of hydrogen-bond donors (Lipinski definition) is 1. The maximum atomic E-state index is 12.4. The molecule has 0 aliphatic heterocycles. The van der Waals surface area contributed by atoms with Crippen LogP contribution in [0.15, 0.2) is 36.5 Å². The number of carbonyl (C=O) groups is 1. The highest BCUT2D eigenvalue weighted by Crippen LogP contribution is 2.21. The molecule has 1 aromatic carbocycles. The van der Waals surface area contributed by atoms with Crippen molar-refractivity contribution in [2.24, 2.45) is 0 Å². The van der Waals surface area contributed by atoms with Crippen molar-refractivity contribution in [3.63, 3.8) is 0 Å². The molecule has 1 N–H and O–H groups in total. The summed E-state index contributed by atoms with van der Waals surface area (Å²) in [5.74, 6) is 0.691. The van der Waals surface area contributed by atoms with Gasteiger partial charge in [-0.1, -0.05) is 12.1 Å². The van der Waals surface area contributed by atoms with Crippen LogP contribution in [0.3, 0.4) is 0 Å². The number of benzene rings is 1. The number of aryl methyl sites for hydroxylation is 2. The van der Waals surface area contributed by atoms with Gasteiger partial charge in [-0.15, -0.1) is 0 Å². The van der Waals surface area contributed by atoms with E-state index in [-0.39, 0.29) is 12.5 Å². The van der Waals surface area contributed by atoms with Crippen molar-refractivity contribution in [3.05, 3.63) is 59.2 Å². The number of aromatic nitrogens is 4. The van der Waals surface area contributed by atoms with Gasteiger partial charge in [-0.3, -0.25) is 14.2 Å². The lowest BCUT2D eigenvalue weighted by Gasteiger charge is -2.09. The SMILES string of the molecule is COc1cccc(Cn2nc(C)c(NC(=O)Cn3nccc3C)c2C)c1. The summed E-state index contributed by atoms with van der Waals surface area (Å²) in [6.07, 6.45) is 1.69.